The van der Waals surface area contributed by atoms with Gasteiger partial charge in [-0.2, -0.15) is 0 Å². The molecule has 1 heterocycles. The number of furan rings is 1. The van der Waals surface area contributed by atoms with Gasteiger partial charge in [0.05, 0.1) is 17.7 Å². The van der Waals surface area contributed by atoms with Crippen LogP contribution in [0, 0.1) is 10.1 Å². The fourth-order valence-corrected chi connectivity index (χ4v) is 2.70. The molecule has 0 atom stereocenters. The predicted molar refractivity (Wildman–Crippen MR) is 113 cm³/mol. The van der Waals surface area contributed by atoms with Crippen LogP contribution in [0.3, 0.4) is 0 Å². The maximum atomic E-state index is 12.3. The SMILES string of the molecule is O=C(NCc1ccco1)c1cccc(NC(=S)NC(=O)c2ccc([N+](=O)[O-])cc2)c1. The number of carbonyl (C=O) groups is 2. The molecule has 0 unspecified atom stereocenters. The fraction of sp³-hybridized carbons (Fsp3) is 0.0500. The van der Waals surface area contributed by atoms with Crippen molar-refractivity contribution in [2.75, 3.05) is 5.32 Å². The second-order valence-electron chi connectivity index (χ2n) is 6.06. The summed E-state index contributed by atoms with van der Waals surface area (Å²) in [5.41, 5.74) is 1.01. The van der Waals surface area contributed by atoms with Crippen LogP contribution in [0.5, 0.6) is 0 Å². The van der Waals surface area contributed by atoms with Crippen LogP contribution in [0.25, 0.3) is 0 Å². The molecule has 0 spiro atoms. The van der Waals surface area contributed by atoms with E-state index in [2.05, 4.69) is 16.0 Å². The maximum Gasteiger partial charge on any atom is 0.269 e. The molecule has 0 saturated carbocycles. The van der Waals surface area contributed by atoms with Crippen LogP contribution in [0.15, 0.2) is 71.3 Å². The van der Waals surface area contributed by atoms with Crippen molar-refractivity contribution in [2.24, 2.45) is 0 Å². The lowest BCUT2D eigenvalue weighted by Crippen LogP contribution is -2.34. The first-order chi connectivity index (χ1) is 14.4. The number of nitro benzene ring substituents is 1. The molecule has 9 nitrogen and oxygen atoms in total. The van der Waals surface area contributed by atoms with E-state index >= 15 is 0 Å². The Labute approximate surface area is 176 Å². The molecule has 1 aromatic heterocycles. The summed E-state index contributed by atoms with van der Waals surface area (Å²) in [5.74, 6) is -0.182. The van der Waals surface area contributed by atoms with Crippen molar-refractivity contribution < 1.29 is 18.9 Å². The van der Waals surface area contributed by atoms with Crippen molar-refractivity contribution in [1.82, 2.24) is 10.6 Å². The second-order valence-corrected chi connectivity index (χ2v) is 6.46. The van der Waals surface area contributed by atoms with E-state index < -0.39 is 10.8 Å². The second kappa shape index (κ2) is 9.43. The highest BCUT2D eigenvalue weighted by atomic mass is 32.1. The minimum absolute atomic E-state index is 0.0199. The fourth-order valence-electron chi connectivity index (χ4n) is 2.49. The third-order valence-electron chi connectivity index (χ3n) is 3.95. The number of anilines is 1. The lowest BCUT2D eigenvalue weighted by atomic mass is 10.2. The molecule has 0 aliphatic rings. The van der Waals surface area contributed by atoms with E-state index in [1.807, 2.05) is 0 Å². The molecule has 2 aromatic carbocycles. The summed E-state index contributed by atoms with van der Waals surface area (Å²) < 4.78 is 5.17. The largest absolute Gasteiger partial charge is 0.467 e. The first kappa shape index (κ1) is 20.7. The standard InChI is InChI=1S/C20H16N4O5S/c25-18(21-12-17-5-2-10-29-17)14-3-1-4-15(11-14)22-20(30)23-19(26)13-6-8-16(9-7-13)24(27)28/h1-11H,12H2,(H,21,25)(H2,22,23,26,30). The highest BCUT2D eigenvalue weighted by Gasteiger charge is 2.12. The van der Waals surface area contributed by atoms with E-state index in [1.165, 1.54) is 30.5 Å². The average Bonchev–Trinajstić information content (AvgIpc) is 3.25. The molecule has 0 radical (unpaired) electrons. The Kier molecular flexibility index (Phi) is 6.50. The van der Waals surface area contributed by atoms with Crippen LogP contribution in [0.2, 0.25) is 0 Å². The highest BCUT2D eigenvalue weighted by molar-refractivity contribution is 7.80. The van der Waals surface area contributed by atoms with Gasteiger partial charge in [0, 0.05) is 28.9 Å². The molecule has 0 aliphatic carbocycles. The zero-order chi connectivity index (χ0) is 21.5. The lowest BCUT2D eigenvalue weighted by Gasteiger charge is -2.11. The number of non-ortho nitro benzene ring substituents is 1. The van der Waals surface area contributed by atoms with Crippen LogP contribution in [-0.4, -0.2) is 21.9 Å². The van der Waals surface area contributed by atoms with Gasteiger partial charge in [-0.05, 0) is 54.7 Å². The van der Waals surface area contributed by atoms with Crippen LogP contribution in [-0.2, 0) is 6.54 Å². The van der Waals surface area contributed by atoms with E-state index in [1.54, 1.807) is 36.4 Å². The minimum Gasteiger partial charge on any atom is -0.467 e. The van der Waals surface area contributed by atoms with Crippen molar-refractivity contribution in [1.29, 1.82) is 0 Å². The number of nitrogens with one attached hydrogen (secondary N) is 3. The van der Waals surface area contributed by atoms with Crippen LogP contribution in [0.1, 0.15) is 26.5 Å². The highest BCUT2D eigenvalue weighted by Crippen LogP contribution is 2.13. The van der Waals surface area contributed by atoms with Gasteiger partial charge in [0.2, 0.25) is 0 Å². The van der Waals surface area contributed by atoms with Gasteiger partial charge in [-0.3, -0.25) is 25.0 Å². The van der Waals surface area contributed by atoms with Gasteiger partial charge in [-0.15, -0.1) is 0 Å². The van der Waals surface area contributed by atoms with Gasteiger partial charge in [0.1, 0.15) is 5.76 Å². The molecular weight excluding hydrogens is 408 g/mol. The molecular formula is C20H16N4O5S. The Bertz CT molecular complexity index is 1080. The summed E-state index contributed by atoms with van der Waals surface area (Å²) in [7, 11) is 0. The van der Waals surface area contributed by atoms with Gasteiger partial charge in [0.15, 0.2) is 5.11 Å². The van der Waals surface area contributed by atoms with E-state index in [-0.39, 0.29) is 28.8 Å². The van der Waals surface area contributed by atoms with Crippen molar-refractivity contribution in [3.63, 3.8) is 0 Å². The lowest BCUT2D eigenvalue weighted by molar-refractivity contribution is -0.384. The monoisotopic (exact) mass is 424 g/mol. The van der Waals surface area contributed by atoms with E-state index in [0.717, 1.165) is 0 Å². The number of benzene rings is 2. The number of amides is 2. The molecule has 0 fully saturated rings. The zero-order valence-electron chi connectivity index (χ0n) is 15.5. The Morgan fingerprint density at radius 3 is 2.43 bits per heavy atom. The third kappa shape index (κ3) is 5.49. The molecule has 3 aromatic rings. The summed E-state index contributed by atoms with van der Waals surface area (Å²) in [6.07, 6.45) is 1.53. The topological polar surface area (TPSA) is 127 Å². The molecule has 152 valence electrons. The van der Waals surface area contributed by atoms with Crippen molar-refractivity contribution in [2.45, 2.75) is 6.54 Å². The molecule has 3 N–H and O–H groups in total. The number of nitro groups is 1. The average molecular weight is 424 g/mol. The normalized spacial score (nSPS) is 10.1. The summed E-state index contributed by atoms with van der Waals surface area (Å²) in [5, 5.41) is 18.8. The van der Waals surface area contributed by atoms with Crippen LogP contribution in [0.4, 0.5) is 11.4 Å². The molecule has 0 saturated heterocycles. The predicted octanol–water partition coefficient (Wildman–Crippen LogP) is 3.24. The molecule has 0 aliphatic heterocycles. The van der Waals surface area contributed by atoms with Gasteiger partial charge in [0.25, 0.3) is 17.5 Å². The Balaban J connectivity index is 1.57. The summed E-state index contributed by atoms with van der Waals surface area (Å²) in [6, 6.07) is 15.2. The number of rotatable bonds is 6. The van der Waals surface area contributed by atoms with Crippen LogP contribution < -0.4 is 16.0 Å². The van der Waals surface area contributed by atoms with Crippen LogP contribution >= 0.6 is 12.2 Å². The summed E-state index contributed by atoms with van der Waals surface area (Å²) in [4.78, 5) is 34.6. The molecule has 0 bridgehead atoms. The minimum atomic E-state index is -0.550. The van der Waals surface area contributed by atoms with E-state index in [9.17, 15) is 19.7 Å². The van der Waals surface area contributed by atoms with E-state index in [0.29, 0.717) is 17.0 Å². The molecule has 30 heavy (non-hydrogen) atoms. The number of carbonyl (C=O) groups excluding carboxylic acids is 2. The van der Waals surface area contributed by atoms with Crippen molar-refractivity contribution in [3.8, 4) is 0 Å². The zero-order valence-corrected chi connectivity index (χ0v) is 16.3. The smallest absolute Gasteiger partial charge is 0.269 e. The summed E-state index contributed by atoms with van der Waals surface area (Å²) in [6.45, 7) is 0.257. The summed E-state index contributed by atoms with van der Waals surface area (Å²) >= 11 is 5.13. The Hall–Kier alpha value is -4.05. The maximum absolute atomic E-state index is 12.3. The van der Waals surface area contributed by atoms with Gasteiger partial charge < -0.3 is 15.1 Å². The van der Waals surface area contributed by atoms with Gasteiger partial charge in [-0.1, -0.05) is 6.07 Å². The Morgan fingerprint density at radius 2 is 1.77 bits per heavy atom. The van der Waals surface area contributed by atoms with Crippen molar-refractivity contribution in [3.05, 3.63) is 93.9 Å². The first-order valence-electron chi connectivity index (χ1n) is 8.70. The van der Waals surface area contributed by atoms with Gasteiger partial charge in [-0.25, -0.2) is 0 Å². The first-order valence-corrected chi connectivity index (χ1v) is 9.10. The number of hydrogen-bond acceptors (Lipinski definition) is 6. The third-order valence-corrected chi connectivity index (χ3v) is 4.16. The molecule has 3 rings (SSSR count). The Morgan fingerprint density at radius 1 is 1.00 bits per heavy atom. The number of thiocarbonyl (C=S) groups is 1. The molecule has 10 heteroatoms. The van der Waals surface area contributed by atoms with Gasteiger partial charge >= 0.3 is 0 Å². The number of hydrogen-bond donors (Lipinski definition) is 3. The van der Waals surface area contributed by atoms with E-state index in [4.69, 9.17) is 16.6 Å². The quantitative estimate of drug-likeness (QED) is 0.315. The number of nitrogens with zero attached hydrogens (tertiary/aromatic N) is 1. The molecule has 2 amide bonds. The van der Waals surface area contributed by atoms with Crippen molar-refractivity contribution >= 4 is 40.5 Å².